The highest BCUT2D eigenvalue weighted by Gasteiger charge is 2.21. The average Bonchev–Trinajstić information content (AvgIpc) is 2.88. The molecular weight excluding hydrogens is 268 g/mol. The van der Waals surface area contributed by atoms with Gasteiger partial charge < -0.3 is 4.90 Å². The normalized spacial score (nSPS) is 13.4. The zero-order valence-electron chi connectivity index (χ0n) is 13.2. The standard InChI is InChI=1S/C15H26N4S/c1-6-19(7-2)9-8-17-12(10-16)13-11-20-14(18-13)15(3,4)5/h11-12,17H,6-9H2,1-5H3. The summed E-state index contributed by atoms with van der Waals surface area (Å²) in [5, 5.41) is 15.7. The highest BCUT2D eigenvalue weighted by molar-refractivity contribution is 7.09. The van der Waals surface area contributed by atoms with Crippen LogP contribution in [-0.2, 0) is 5.41 Å². The van der Waals surface area contributed by atoms with Gasteiger partial charge in [-0.2, -0.15) is 5.26 Å². The van der Waals surface area contributed by atoms with Crippen molar-refractivity contribution in [2.24, 2.45) is 0 Å². The van der Waals surface area contributed by atoms with E-state index in [0.717, 1.165) is 36.9 Å². The van der Waals surface area contributed by atoms with Crippen molar-refractivity contribution in [2.75, 3.05) is 26.2 Å². The Bertz CT molecular complexity index is 437. The van der Waals surface area contributed by atoms with Crippen LogP contribution in [0.2, 0.25) is 0 Å². The molecule has 0 saturated heterocycles. The first-order chi connectivity index (χ1) is 9.42. The smallest absolute Gasteiger partial charge is 0.139 e. The molecule has 1 atom stereocenters. The van der Waals surface area contributed by atoms with Crippen molar-refractivity contribution < 1.29 is 0 Å². The fourth-order valence-corrected chi connectivity index (χ4v) is 2.82. The Morgan fingerprint density at radius 3 is 2.50 bits per heavy atom. The quantitative estimate of drug-likeness (QED) is 0.840. The fraction of sp³-hybridized carbons (Fsp3) is 0.733. The third-order valence-corrected chi connectivity index (χ3v) is 4.55. The predicted molar refractivity (Wildman–Crippen MR) is 85.0 cm³/mol. The van der Waals surface area contributed by atoms with Crippen LogP contribution in [0.3, 0.4) is 0 Å². The van der Waals surface area contributed by atoms with Gasteiger partial charge in [0.25, 0.3) is 0 Å². The van der Waals surface area contributed by atoms with Crippen molar-refractivity contribution in [1.82, 2.24) is 15.2 Å². The lowest BCUT2D eigenvalue weighted by Gasteiger charge is -2.19. The molecule has 0 radical (unpaired) electrons. The molecule has 1 heterocycles. The van der Waals surface area contributed by atoms with Crippen molar-refractivity contribution in [2.45, 2.75) is 46.1 Å². The van der Waals surface area contributed by atoms with Crippen LogP contribution < -0.4 is 5.32 Å². The van der Waals surface area contributed by atoms with Gasteiger partial charge in [0.15, 0.2) is 0 Å². The maximum Gasteiger partial charge on any atom is 0.139 e. The molecule has 1 N–H and O–H groups in total. The van der Waals surface area contributed by atoms with Gasteiger partial charge in [-0.1, -0.05) is 34.6 Å². The van der Waals surface area contributed by atoms with Crippen LogP contribution in [-0.4, -0.2) is 36.1 Å². The second kappa shape index (κ2) is 7.72. The molecule has 1 unspecified atom stereocenters. The Morgan fingerprint density at radius 1 is 1.40 bits per heavy atom. The summed E-state index contributed by atoms with van der Waals surface area (Å²) in [4.78, 5) is 6.95. The molecule has 1 rings (SSSR count). The Balaban J connectivity index is 2.59. The largest absolute Gasteiger partial charge is 0.303 e. The van der Waals surface area contributed by atoms with Crippen molar-refractivity contribution in [3.05, 3.63) is 16.1 Å². The van der Waals surface area contributed by atoms with Gasteiger partial charge in [-0.3, -0.25) is 5.32 Å². The lowest BCUT2D eigenvalue weighted by atomic mass is 9.98. The third kappa shape index (κ3) is 4.86. The highest BCUT2D eigenvalue weighted by Crippen LogP contribution is 2.27. The maximum absolute atomic E-state index is 9.31. The van der Waals surface area contributed by atoms with Gasteiger partial charge in [0, 0.05) is 23.9 Å². The molecule has 0 amide bonds. The van der Waals surface area contributed by atoms with Crippen molar-refractivity contribution in [3.63, 3.8) is 0 Å². The van der Waals surface area contributed by atoms with Gasteiger partial charge >= 0.3 is 0 Å². The second-order valence-corrected chi connectivity index (χ2v) is 6.73. The molecule has 20 heavy (non-hydrogen) atoms. The first-order valence-electron chi connectivity index (χ1n) is 7.23. The van der Waals surface area contributed by atoms with Crippen LogP contribution in [0.5, 0.6) is 0 Å². The van der Waals surface area contributed by atoms with Crippen molar-refractivity contribution in [1.29, 1.82) is 5.26 Å². The number of nitrogens with zero attached hydrogens (tertiary/aromatic N) is 3. The van der Waals surface area contributed by atoms with E-state index in [4.69, 9.17) is 0 Å². The van der Waals surface area contributed by atoms with E-state index in [0.29, 0.717) is 0 Å². The molecule has 0 spiro atoms. The molecule has 5 heteroatoms. The van der Waals surface area contributed by atoms with Crippen LogP contribution in [0.4, 0.5) is 0 Å². The van der Waals surface area contributed by atoms with Gasteiger partial charge in [0.2, 0.25) is 0 Å². The van der Waals surface area contributed by atoms with Crippen molar-refractivity contribution >= 4 is 11.3 Å². The van der Waals surface area contributed by atoms with Crippen LogP contribution in [0, 0.1) is 11.3 Å². The molecule has 0 aliphatic carbocycles. The zero-order chi connectivity index (χ0) is 15.2. The van der Waals surface area contributed by atoms with Gasteiger partial charge in [0.1, 0.15) is 6.04 Å². The SMILES string of the molecule is CCN(CC)CCNC(C#N)c1csc(C(C)(C)C)n1. The number of hydrogen-bond donors (Lipinski definition) is 1. The lowest BCUT2D eigenvalue weighted by molar-refractivity contribution is 0.300. The van der Waals surface area contributed by atoms with Crippen LogP contribution in [0.15, 0.2) is 5.38 Å². The summed E-state index contributed by atoms with van der Waals surface area (Å²) in [7, 11) is 0. The summed E-state index contributed by atoms with van der Waals surface area (Å²) in [6, 6.07) is 2.00. The Kier molecular flexibility index (Phi) is 6.60. The molecule has 0 fully saturated rings. The Morgan fingerprint density at radius 2 is 2.05 bits per heavy atom. The van der Waals surface area contributed by atoms with Crippen LogP contribution >= 0.6 is 11.3 Å². The molecule has 4 nitrogen and oxygen atoms in total. The second-order valence-electron chi connectivity index (χ2n) is 5.87. The van der Waals surface area contributed by atoms with Crippen LogP contribution in [0.25, 0.3) is 0 Å². The third-order valence-electron chi connectivity index (χ3n) is 3.26. The molecule has 1 aromatic heterocycles. The van der Waals surface area contributed by atoms with Crippen LogP contribution in [0.1, 0.15) is 51.4 Å². The minimum absolute atomic E-state index is 0.0458. The van der Waals surface area contributed by atoms with E-state index in [1.165, 1.54) is 0 Å². The average molecular weight is 294 g/mol. The molecule has 0 bridgehead atoms. The van der Waals surface area contributed by atoms with Gasteiger partial charge in [0.05, 0.1) is 16.8 Å². The minimum atomic E-state index is -0.307. The fourth-order valence-electron chi connectivity index (χ4n) is 1.89. The summed E-state index contributed by atoms with van der Waals surface area (Å²) in [6.45, 7) is 14.6. The number of aromatic nitrogens is 1. The monoisotopic (exact) mass is 294 g/mol. The van der Waals surface area contributed by atoms with E-state index < -0.39 is 0 Å². The lowest BCUT2D eigenvalue weighted by Crippen LogP contribution is -2.33. The number of nitriles is 1. The number of nitrogens with one attached hydrogen (secondary N) is 1. The van der Waals surface area contributed by atoms with E-state index in [1.807, 2.05) is 5.38 Å². The first-order valence-corrected chi connectivity index (χ1v) is 8.11. The van der Waals surface area contributed by atoms with Gasteiger partial charge in [-0.05, 0) is 13.1 Å². The molecule has 0 aliphatic heterocycles. The molecule has 112 valence electrons. The Labute approximate surface area is 126 Å². The molecule has 1 aromatic rings. The summed E-state index contributed by atoms with van der Waals surface area (Å²) in [5.41, 5.74) is 0.895. The van der Waals surface area contributed by atoms with Gasteiger partial charge in [-0.15, -0.1) is 11.3 Å². The maximum atomic E-state index is 9.31. The number of thiazole rings is 1. The number of hydrogen-bond acceptors (Lipinski definition) is 5. The van der Waals surface area contributed by atoms with E-state index >= 15 is 0 Å². The zero-order valence-corrected chi connectivity index (χ0v) is 14.0. The topological polar surface area (TPSA) is 52.0 Å². The summed E-state index contributed by atoms with van der Waals surface area (Å²) in [6.07, 6.45) is 0. The minimum Gasteiger partial charge on any atom is -0.303 e. The number of likely N-dealkylation sites (N-methyl/N-ethyl adjacent to an activating group) is 1. The first kappa shape index (κ1) is 17.1. The molecule has 0 saturated carbocycles. The number of rotatable bonds is 7. The highest BCUT2D eigenvalue weighted by atomic mass is 32.1. The Hall–Kier alpha value is -0.960. The van der Waals surface area contributed by atoms with E-state index in [1.54, 1.807) is 11.3 Å². The molecule has 0 aromatic carbocycles. The van der Waals surface area contributed by atoms with E-state index in [9.17, 15) is 5.26 Å². The summed E-state index contributed by atoms with van der Waals surface area (Å²) in [5.74, 6) is 0. The summed E-state index contributed by atoms with van der Waals surface area (Å²) < 4.78 is 0. The molecule has 0 aliphatic rings. The van der Waals surface area contributed by atoms with E-state index in [-0.39, 0.29) is 11.5 Å². The van der Waals surface area contributed by atoms with Gasteiger partial charge in [-0.25, -0.2) is 4.98 Å². The summed E-state index contributed by atoms with van der Waals surface area (Å²) >= 11 is 1.64. The van der Waals surface area contributed by atoms with Crippen molar-refractivity contribution in [3.8, 4) is 6.07 Å². The molecular formula is C15H26N4S. The van der Waals surface area contributed by atoms with E-state index in [2.05, 4.69) is 55.9 Å². The predicted octanol–water partition coefficient (Wildman–Crippen LogP) is 2.94.